The Morgan fingerprint density at radius 1 is 1.42 bits per heavy atom. The Kier molecular flexibility index (Phi) is 3.82. The highest BCUT2D eigenvalue weighted by Gasteiger charge is 2.10. The maximum absolute atomic E-state index is 12.1. The van der Waals surface area contributed by atoms with Crippen LogP contribution in [-0.2, 0) is 6.54 Å². The summed E-state index contributed by atoms with van der Waals surface area (Å²) in [5.41, 5.74) is 5.48. The van der Waals surface area contributed by atoms with Crippen molar-refractivity contribution in [3.8, 4) is 0 Å². The Hall–Kier alpha value is -2.34. The highest BCUT2D eigenvalue weighted by atomic mass is 16.1. The van der Waals surface area contributed by atoms with Crippen molar-refractivity contribution >= 4 is 17.3 Å². The summed E-state index contributed by atoms with van der Waals surface area (Å²) < 4.78 is 1.75. The zero-order chi connectivity index (χ0) is 13.8. The molecule has 0 bridgehead atoms. The minimum Gasteiger partial charge on any atom is -0.324 e. The van der Waals surface area contributed by atoms with Crippen LogP contribution in [0.25, 0.3) is 0 Å². The highest BCUT2D eigenvalue weighted by molar-refractivity contribution is 6.05. The predicted octanol–water partition coefficient (Wildman–Crippen LogP) is 1.75. The van der Waals surface area contributed by atoms with E-state index in [9.17, 15) is 4.79 Å². The normalized spacial score (nSPS) is 10.3. The zero-order valence-corrected chi connectivity index (χ0v) is 11.0. The van der Waals surface area contributed by atoms with E-state index in [2.05, 4.69) is 15.8 Å². The molecule has 0 spiro atoms. The molecule has 0 saturated heterocycles. The van der Waals surface area contributed by atoms with Crippen molar-refractivity contribution in [1.82, 2.24) is 9.78 Å². The van der Waals surface area contributed by atoms with Gasteiger partial charge in [0.25, 0.3) is 5.91 Å². The van der Waals surface area contributed by atoms with E-state index in [1.54, 1.807) is 29.2 Å². The Bertz CT molecular complexity index is 590. The lowest BCUT2D eigenvalue weighted by Gasteiger charge is -2.08. The van der Waals surface area contributed by atoms with Gasteiger partial charge in [-0.15, -0.1) is 0 Å². The molecule has 0 saturated carbocycles. The molecule has 0 aliphatic heterocycles. The van der Waals surface area contributed by atoms with Gasteiger partial charge in [0, 0.05) is 24.0 Å². The first-order valence-electron chi connectivity index (χ1n) is 6.05. The van der Waals surface area contributed by atoms with Gasteiger partial charge in [0.05, 0.1) is 11.9 Å². The molecule has 0 aliphatic carbocycles. The molecule has 6 heteroatoms. The molecular formula is C13H17N5O. The number of nitrogens with one attached hydrogen (secondary N) is 2. The maximum atomic E-state index is 12.1. The van der Waals surface area contributed by atoms with E-state index in [0.717, 1.165) is 17.8 Å². The van der Waals surface area contributed by atoms with Crippen LogP contribution in [0.2, 0.25) is 0 Å². The maximum Gasteiger partial charge on any atom is 0.256 e. The largest absolute Gasteiger partial charge is 0.324 e. The van der Waals surface area contributed by atoms with Crippen molar-refractivity contribution in [1.29, 1.82) is 0 Å². The van der Waals surface area contributed by atoms with Crippen LogP contribution in [-0.4, -0.2) is 15.7 Å². The molecule has 1 heterocycles. The van der Waals surface area contributed by atoms with E-state index in [-0.39, 0.29) is 5.91 Å². The minimum atomic E-state index is -0.156. The summed E-state index contributed by atoms with van der Waals surface area (Å²) in [6.45, 7) is 4.62. The lowest BCUT2D eigenvalue weighted by atomic mass is 10.1. The number of nitrogen functional groups attached to an aromatic ring is 1. The topological polar surface area (TPSA) is 85.0 Å². The van der Waals surface area contributed by atoms with E-state index < -0.39 is 0 Å². The molecule has 2 aromatic rings. The SMILES string of the molecule is CCn1cc(NC(=O)c2ccc(NN)cc2C)cn1. The van der Waals surface area contributed by atoms with Crippen LogP contribution in [0.15, 0.2) is 30.6 Å². The smallest absolute Gasteiger partial charge is 0.256 e. The molecular weight excluding hydrogens is 242 g/mol. The molecule has 1 aromatic carbocycles. The van der Waals surface area contributed by atoms with Crippen molar-refractivity contribution in [2.45, 2.75) is 20.4 Å². The van der Waals surface area contributed by atoms with Crippen molar-refractivity contribution in [2.24, 2.45) is 5.84 Å². The Morgan fingerprint density at radius 3 is 2.79 bits per heavy atom. The molecule has 0 unspecified atom stereocenters. The van der Waals surface area contributed by atoms with Gasteiger partial charge in [-0.3, -0.25) is 15.3 Å². The van der Waals surface area contributed by atoms with Gasteiger partial charge >= 0.3 is 0 Å². The van der Waals surface area contributed by atoms with E-state index >= 15 is 0 Å². The van der Waals surface area contributed by atoms with Crippen LogP contribution in [0.1, 0.15) is 22.8 Å². The molecule has 1 aromatic heterocycles. The lowest BCUT2D eigenvalue weighted by molar-refractivity contribution is 0.102. The number of hydrazine groups is 1. The van der Waals surface area contributed by atoms with Gasteiger partial charge in [0.2, 0.25) is 0 Å². The van der Waals surface area contributed by atoms with Gasteiger partial charge in [-0.05, 0) is 37.6 Å². The number of nitrogens with two attached hydrogens (primary N) is 1. The number of hydrogen-bond acceptors (Lipinski definition) is 4. The molecule has 0 radical (unpaired) electrons. The summed E-state index contributed by atoms with van der Waals surface area (Å²) in [4.78, 5) is 12.1. The first-order valence-corrected chi connectivity index (χ1v) is 6.05. The van der Waals surface area contributed by atoms with Gasteiger partial charge < -0.3 is 10.7 Å². The fourth-order valence-electron chi connectivity index (χ4n) is 1.81. The van der Waals surface area contributed by atoms with E-state index in [0.29, 0.717) is 11.3 Å². The number of aryl methyl sites for hydroxylation is 2. The molecule has 0 aliphatic rings. The highest BCUT2D eigenvalue weighted by Crippen LogP contribution is 2.16. The Labute approximate surface area is 111 Å². The first-order chi connectivity index (χ1) is 9.13. The second-order valence-electron chi connectivity index (χ2n) is 4.21. The van der Waals surface area contributed by atoms with Crippen LogP contribution >= 0.6 is 0 Å². The number of hydrogen-bond donors (Lipinski definition) is 3. The second kappa shape index (κ2) is 5.53. The number of amides is 1. The third-order valence-electron chi connectivity index (χ3n) is 2.85. The van der Waals surface area contributed by atoms with Gasteiger partial charge in [-0.2, -0.15) is 5.10 Å². The van der Waals surface area contributed by atoms with Crippen molar-refractivity contribution in [3.05, 3.63) is 41.7 Å². The number of nitrogens with zero attached hydrogens (tertiary/aromatic N) is 2. The number of rotatable bonds is 4. The summed E-state index contributed by atoms with van der Waals surface area (Å²) in [6.07, 6.45) is 3.43. The van der Waals surface area contributed by atoms with Crippen molar-refractivity contribution in [3.63, 3.8) is 0 Å². The Morgan fingerprint density at radius 2 is 2.21 bits per heavy atom. The standard InChI is InChI=1S/C13H17N5O/c1-3-18-8-11(7-15-18)16-13(19)12-5-4-10(17-14)6-9(12)2/h4-8,17H,3,14H2,1-2H3,(H,16,19). The molecule has 0 atom stereocenters. The van der Waals surface area contributed by atoms with Gasteiger partial charge in [0.15, 0.2) is 0 Å². The van der Waals surface area contributed by atoms with E-state index in [4.69, 9.17) is 5.84 Å². The average molecular weight is 259 g/mol. The van der Waals surface area contributed by atoms with Crippen molar-refractivity contribution < 1.29 is 4.79 Å². The number of carbonyl (C=O) groups excluding carboxylic acids is 1. The fraction of sp³-hybridized carbons (Fsp3) is 0.231. The molecule has 2 rings (SSSR count). The Balaban J connectivity index is 2.15. The monoisotopic (exact) mass is 259 g/mol. The molecule has 6 nitrogen and oxygen atoms in total. The lowest BCUT2D eigenvalue weighted by Crippen LogP contribution is -2.14. The van der Waals surface area contributed by atoms with Crippen LogP contribution < -0.4 is 16.6 Å². The summed E-state index contributed by atoms with van der Waals surface area (Å²) in [5.74, 6) is 5.17. The number of carbonyl (C=O) groups is 1. The van der Waals surface area contributed by atoms with Gasteiger partial charge in [-0.25, -0.2) is 0 Å². The van der Waals surface area contributed by atoms with E-state index in [1.807, 2.05) is 19.9 Å². The minimum absolute atomic E-state index is 0.156. The third kappa shape index (κ3) is 2.92. The molecule has 0 fully saturated rings. The number of benzene rings is 1. The summed E-state index contributed by atoms with van der Waals surface area (Å²) in [7, 11) is 0. The number of anilines is 2. The zero-order valence-electron chi connectivity index (χ0n) is 11.0. The summed E-state index contributed by atoms with van der Waals surface area (Å²) >= 11 is 0. The third-order valence-corrected chi connectivity index (χ3v) is 2.85. The van der Waals surface area contributed by atoms with Crippen LogP contribution in [0.4, 0.5) is 11.4 Å². The molecule has 19 heavy (non-hydrogen) atoms. The van der Waals surface area contributed by atoms with Crippen molar-refractivity contribution in [2.75, 3.05) is 10.7 Å². The van der Waals surface area contributed by atoms with E-state index in [1.165, 1.54) is 0 Å². The fourth-order valence-corrected chi connectivity index (χ4v) is 1.81. The average Bonchev–Trinajstić information content (AvgIpc) is 2.86. The molecule has 4 N–H and O–H groups in total. The van der Waals surface area contributed by atoms with Gasteiger partial charge in [-0.1, -0.05) is 0 Å². The summed E-state index contributed by atoms with van der Waals surface area (Å²) in [6, 6.07) is 5.33. The molecule has 1 amide bonds. The van der Waals surface area contributed by atoms with Crippen LogP contribution in [0, 0.1) is 6.92 Å². The number of aromatic nitrogens is 2. The summed E-state index contributed by atoms with van der Waals surface area (Å²) in [5, 5.41) is 6.92. The first kappa shape index (κ1) is 13.1. The van der Waals surface area contributed by atoms with Crippen LogP contribution in [0.3, 0.4) is 0 Å². The molecule has 100 valence electrons. The second-order valence-corrected chi connectivity index (χ2v) is 4.21. The van der Waals surface area contributed by atoms with Gasteiger partial charge in [0.1, 0.15) is 0 Å². The quantitative estimate of drug-likeness (QED) is 0.577. The van der Waals surface area contributed by atoms with Crippen LogP contribution in [0.5, 0.6) is 0 Å². The predicted molar refractivity (Wildman–Crippen MR) is 74.8 cm³/mol.